The molecule has 0 aromatic carbocycles. The lowest BCUT2D eigenvalue weighted by molar-refractivity contribution is -1.05. The number of nitrogens with zero attached hydrogens (tertiary/aromatic N) is 1. The quantitative estimate of drug-likeness (QED) is 0.0584. The van der Waals surface area contributed by atoms with Gasteiger partial charge in [-0.05, 0) is 101 Å². The number of fused-ring (bicyclic) bond motifs is 3. The lowest BCUT2D eigenvalue weighted by atomic mass is 9.78. The van der Waals surface area contributed by atoms with E-state index in [9.17, 15) is 54.4 Å². The molecular weight excluding hydrogens is 959 g/mol. The third-order valence-corrected chi connectivity index (χ3v) is 16.2. The van der Waals surface area contributed by atoms with Gasteiger partial charge in [-0.2, -0.15) is 0 Å². The first-order valence-corrected chi connectivity index (χ1v) is 26.6. The van der Waals surface area contributed by atoms with Crippen LogP contribution in [0.4, 0.5) is 0 Å². The van der Waals surface area contributed by atoms with Crippen molar-refractivity contribution in [2.24, 2.45) is 40.9 Å². The van der Waals surface area contributed by atoms with Gasteiger partial charge < -0.3 is 48.8 Å². The van der Waals surface area contributed by atoms with Crippen LogP contribution in [0.1, 0.15) is 132 Å². The van der Waals surface area contributed by atoms with E-state index in [1.807, 2.05) is 51.2 Å². The Morgan fingerprint density at radius 1 is 0.865 bits per heavy atom. The molecule has 0 spiro atoms. The van der Waals surface area contributed by atoms with Crippen LogP contribution < -0.4 is 0 Å². The molecular formula is C56H88NO17+. The number of amides is 1. The van der Waals surface area contributed by atoms with Crippen molar-refractivity contribution >= 4 is 35.2 Å². The number of allylic oxidation sites excluding steroid dienone is 6. The molecule has 2 bridgehead atoms. The van der Waals surface area contributed by atoms with Crippen LogP contribution in [-0.2, 0) is 57.2 Å². The number of Topliss-reactive ketones (excluding diaryl/α,β-unsaturated/α-hetero) is 3. The van der Waals surface area contributed by atoms with Crippen LogP contribution >= 0.6 is 0 Å². The number of aliphatic hydroxyl groups is 4. The zero-order chi connectivity index (χ0) is 55.3. The molecule has 74 heavy (non-hydrogen) atoms. The highest BCUT2D eigenvalue weighted by atomic mass is 16.6. The molecule has 1 amide bonds. The standard InChI is InChI=1S/C56H88NO17/c1-33-17-13-12-14-18-34(2)45(69-9)29-41-22-20-39(7)56(67,74-41)51(63)52(64)57(68)24-16-15-19-42(57)53(65)72-46(30-43(60)35(3)26-38(6)49(62)50(71-11)48(61)37(5)25-33)36(4)27-40-21-23-44(47(28-40)70-10)73-54(66)55(8,31-58)32-59/h12-14,17-18,26,33,35-37,39-42,44-47,49-50,58-59,62,67-68H,15-16,19-25,27-32H2,1-11H3/q+1/b14-12?,17-13+,34-18?,38-26+/t33-,35-,36-,37-,39-,40+,41?,42+,44-,45+,46+,47-,49?,50+,56-,57?/m1/s1. The molecule has 3 heterocycles. The summed E-state index contributed by atoms with van der Waals surface area (Å²) in [6.07, 6.45) is 8.21. The summed E-state index contributed by atoms with van der Waals surface area (Å²) >= 11 is 0. The van der Waals surface area contributed by atoms with E-state index in [0.717, 1.165) is 5.57 Å². The van der Waals surface area contributed by atoms with E-state index in [1.165, 1.54) is 28.3 Å². The van der Waals surface area contributed by atoms with Crippen molar-refractivity contribution in [3.63, 3.8) is 0 Å². The predicted octanol–water partition coefficient (Wildman–Crippen LogP) is 5.63. The molecule has 418 valence electrons. The highest BCUT2D eigenvalue weighted by Crippen LogP contribution is 2.39. The topological polar surface area (TPSA) is 259 Å². The number of aliphatic hydroxyl groups excluding tert-OH is 3. The minimum absolute atomic E-state index is 0.0230. The van der Waals surface area contributed by atoms with Crippen LogP contribution in [0.25, 0.3) is 0 Å². The van der Waals surface area contributed by atoms with Gasteiger partial charge >= 0.3 is 23.6 Å². The van der Waals surface area contributed by atoms with Gasteiger partial charge in [-0.15, -0.1) is 4.65 Å². The third-order valence-electron chi connectivity index (χ3n) is 16.2. The van der Waals surface area contributed by atoms with Gasteiger partial charge in [0.2, 0.25) is 11.8 Å². The summed E-state index contributed by atoms with van der Waals surface area (Å²) in [7, 11) is 4.37. The predicted molar refractivity (Wildman–Crippen MR) is 271 cm³/mol. The number of piperidine rings is 1. The number of ether oxygens (including phenoxy) is 6. The molecule has 0 aromatic rings. The molecule has 3 fully saturated rings. The third kappa shape index (κ3) is 15.4. The highest BCUT2D eigenvalue weighted by Gasteiger charge is 2.61. The van der Waals surface area contributed by atoms with Crippen molar-refractivity contribution in [1.29, 1.82) is 0 Å². The molecule has 5 N–H and O–H groups in total. The number of quaternary nitrogens is 1. The van der Waals surface area contributed by atoms with E-state index in [2.05, 4.69) is 0 Å². The van der Waals surface area contributed by atoms with Gasteiger partial charge in [-0.25, -0.2) is 14.8 Å². The molecule has 18 nitrogen and oxygen atoms in total. The van der Waals surface area contributed by atoms with E-state index >= 15 is 0 Å². The number of carbonyl (C=O) groups is 6. The lowest BCUT2D eigenvalue weighted by Gasteiger charge is -2.43. The summed E-state index contributed by atoms with van der Waals surface area (Å²) in [5.74, 6) is -10.7. The average Bonchev–Trinajstić information content (AvgIpc) is 3.37. The van der Waals surface area contributed by atoms with Gasteiger partial charge in [-0.3, -0.25) is 19.2 Å². The molecule has 2 saturated heterocycles. The molecule has 16 atom stereocenters. The summed E-state index contributed by atoms with van der Waals surface area (Å²) in [4.78, 5) is 84.5. The van der Waals surface area contributed by atoms with Crippen molar-refractivity contribution < 1.29 is 87.5 Å². The lowest BCUT2D eigenvalue weighted by Crippen LogP contribution is -2.68. The van der Waals surface area contributed by atoms with Crippen molar-refractivity contribution in [3.05, 3.63) is 47.6 Å². The second-order valence-corrected chi connectivity index (χ2v) is 22.2. The Morgan fingerprint density at radius 2 is 1.55 bits per heavy atom. The maximum atomic E-state index is 14.6. The first kappa shape index (κ1) is 62.7. The molecule has 0 radical (unpaired) electrons. The Kier molecular flexibility index (Phi) is 23.7. The van der Waals surface area contributed by atoms with Crippen molar-refractivity contribution in [2.45, 2.75) is 187 Å². The molecule has 3 aliphatic heterocycles. The van der Waals surface area contributed by atoms with Crippen molar-refractivity contribution in [2.75, 3.05) is 41.1 Å². The minimum atomic E-state index is -2.63. The SMILES string of the molecule is CO[C@H]1CC2CC[C@@H](C)[C@@](O)(O2)C(=O)C(=O)[N+]2(O)CCCC[C@H]2C(=O)O[C@H]([C@H](C)C[C@@H]2CC[C@@H](OC(=O)C(C)(CO)CO)[C@H](OC)C2)CC(=O)[C@H](C)/C=C(\C)C(O)[C@@H](OC)C(=O)[C@H](C)C[C@H](C)/C=C/C=CC=C1C. The molecule has 1 saturated carbocycles. The second kappa shape index (κ2) is 28.0. The summed E-state index contributed by atoms with van der Waals surface area (Å²) in [6.45, 7) is 12.1. The smallest absolute Gasteiger partial charge is 0.420 e. The van der Waals surface area contributed by atoms with Gasteiger partial charge in [-0.1, -0.05) is 71.1 Å². The Bertz CT molecular complexity index is 2060. The number of cyclic esters (lactones) is 1. The Morgan fingerprint density at radius 3 is 2.19 bits per heavy atom. The number of hydroxylamine groups is 3. The fraction of sp³-hybridized carbons (Fsp3) is 0.750. The van der Waals surface area contributed by atoms with Gasteiger partial charge in [0, 0.05) is 64.8 Å². The number of methoxy groups -OCH3 is 3. The monoisotopic (exact) mass is 1050 g/mol. The number of hydrogen-bond donors (Lipinski definition) is 5. The number of ketones is 3. The molecule has 4 aliphatic rings. The van der Waals surface area contributed by atoms with Crippen LogP contribution in [0, 0.1) is 40.9 Å². The average molecular weight is 1050 g/mol. The van der Waals surface area contributed by atoms with Crippen LogP contribution in [0.15, 0.2) is 47.6 Å². The normalized spacial score (nSPS) is 37.9. The number of carbonyl (C=O) groups excluding carboxylic acids is 6. The highest BCUT2D eigenvalue weighted by molar-refractivity contribution is 6.36. The zero-order valence-corrected chi connectivity index (χ0v) is 45.7. The molecule has 18 heteroatoms. The Balaban J connectivity index is 1.72. The first-order valence-electron chi connectivity index (χ1n) is 26.6. The van der Waals surface area contributed by atoms with Gasteiger partial charge in [0.05, 0.1) is 31.5 Å². The maximum Gasteiger partial charge on any atom is 0.420 e. The van der Waals surface area contributed by atoms with Crippen molar-refractivity contribution in [1.82, 2.24) is 0 Å². The molecule has 1 aliphatic carbocycles. The summed E-state index contributed by atoms with van der Waals surface area (Å²) < 4.78 is 33.6. The number of hydrogen-bond acceptors (Lipinski definition) is 17. The van der Waals surface area contributed by atoms with Gasteiger partial charge in [0.15, 0.2) is 5.78 Å². The molecule has 0 aromatic heterocycles. The largest absolute Gasteiger partial charge is 0.459 e. The Hall–Kier alpha value is -3.82. The maximum absolute atomic E-state index is 14.6. The van der Waals surface area contributed by atoms with E-state index in [4.69, 9.17) is 28.4 Å². The van der Waals surface area contributed by atoms with E-state index < -0.39 is 125 Å². The number of rotatable bonds is 10. The Labute approximate surface area is 438 Å². The zero-order valence-electron chi connectivity index (χ0n) is 45.7. The van der Waals surface area contributed by atoms with Crippen LogP contribution in [0.5, 0.6) is 0 Å². The summed E-state index contributed by atoms with van der Waals surface area (Å²) in [6, 6.07) is -1.59. The van der Waals surface area contributed by atoms with Crippen LogP contribution in [0.2, 0.25) is 0 Å². The van der Waals surface area contributed by atoms with Crippen LogP contribution in [0.3, 0.4) is 0 Å². The molecule has 4 rings (SSSR count). The van der Waals surface area contributed by atoms with Crippen LogP contribution in [-0.4, -0.2) is 161 Å². The van der Waals surface area contributed by atoms with E-state index in [0.29, 0.717) is 56.9 Å². The summed E-state index contributed by atoms with van der Waals surface area (Å²) in [5, 5.41) is 55.4. The minimum Gasteiger partial charge on any atom is -0.459 e. The fourth-order valence-electron chi connectivity index (χ4n) is 10.9. The van der Waals surface area contributed by atoms with E-state index in [1.54, 1.807) is 33.8 Å². The first-order chi connectivity index (χ1) is 34.8. The van der Waals surface area contributed by atoms with Crippen molar-refractivity contribution in [3.8, 4) is 0 Å². The second-order valence-electron chi connectivity index (χ2n) is 22.2. The summed E-state index contributed by atoms with van der Waals surface area (Å²) in [5.41, 5.74) is -0.364. The number of esters is 2. The van der Waals surface area contributed by atoms with Gasteiger partial charge in [0.1, 0.15) is 42.2 Å². The van der Waals surface area contributed by atoms with E-state index in [-0.39, 0.29) is 55.6 Å². The van der Waals surface area contributed by atoms with Gasteiger partial charge in [0.25, 0.3) is 0 Å². The molecule has 3 unspecified atom stereocenters. The fourth-order valence-corrected chi connectivity index (χ4v) is 10.9.